The highest BCUT2D eigenvalue weighted by Gasteiger charge is 2.44. The maximum absolute atomic E-state index is 13.1. The van der Waals surface area contributed by atoms with Crippen LogP contribution in [0.4, 0.5) is 4.39 Å². The van der Waals surface area contributed by atoms with Crippen molar-refractivity contribution in [2.75, 3.05) is 13.2 Å². The van der Waals surface area contributed by atoms with E-state index in [0.717, 1.165) is 48.1 Å². The number of piperidine rings is 1. The average Bonchev–Trinajstić information content (AvgIpc) is 3.30. The van der Waals surface area contributed by atoms with Crippen LogP contribution in [-0.2, 0) is 16.8 Å². The highest BCUT2D eigenvalue weighted by Crippen LogP contribution is 2.48. The van der Waals surface area contributed by atoms with Gasteiger partial charge < -0.3 is 10.1 Å². The van der Waals surface area contributed by atoms with Crippen molar-refractivity contribution in [3.63, 3.8) is 0 Å². The molecule has 4 heterocycles. The SMILES string of the molecule is Fc1ccc(-n2cc([C@@H]3C[C@]4(CCN3)OCCc3cc(Cl)sc34)nn2)cc1. The summed E-state index contributed by atoms with van der Waals surface area (Å²) in [6, 6.07) is 8.33. The largest absolute Gasteiger partial charge is 0.369 e. The highest BCUT2D eigenvalue weighted by atomic mass is 35.5. The van der Waals surface area contributed by atoms with E-state index in [-0.39, 0.29) is 17.5 Å². The molecule has 2 atom stereocenters. The summed E-state index contributed by atoms with van der Waals surface area (Å²) in [6.07, 6.45) is 4.52. The Labute approximate surface area is 165 Å². The minimum absolute atomic E-state index is 0.0415. The van der Waals surface area contributed by atoms with Crippen LogP contribution in [0.3, 0.4) is 0 Å². The zero-order chi connectivity index (χ0) is 18.4. The number of aromatic nitrogens is 3. The molecule has 0 unspecified atom stereocenters. The van der Waals surface area contributed by atoms with Gasteiger partial charge >= 0.3 is 0 Å². The van der Waals surface area contributed by atoms with Gasteiger partial charge in [-0.3, -0.25) is 0 Å². The van der Waals surface area contributed by atoms with Crippen LogP contribution in [0.1, 0.15) is 35.0 Å². The van der Waals surface area contributed by atoms with Crippen LogP contribution in [0.2, 0.25) is 4.34 Å². The fourth-order valence-corrected chi connectivity index (χ4v) is 5.53. The molecule has 0 radical (unpaired) electrons. The molecule has 3 aromatic rings. The summed E-state index contributed by atoms with van der Waals surface area (Å²) in [5, 5.41) is 12.1. The smallest absolute Gasteiger partial charge is 0.123 e. The molecule has 1 aromatic carbocycles. The van der Waals surface area contributed by atoms with Crippen molar-refractivity contribution in [3.05, 3.63) is 62.8 Å². The molecule has 0 saturated carbocycles. The minimum atomic E-state index is -0.305. The number of nitrogens with zero attached hydrogens (tertiary/aromatic N) is 3. The second-order valence-corrected chi connectivity index (χ2v) is 8.71. The van der Waals surface area contributed by atoms with E-state index in [0.29, 0.717) is 0 Å². The molecule has 1 N–H and O–H groups in total. The fraction of sp³-hybridized carbons (Fsp3) is 0.368. The number of benzene rings is 1. The number of rotatable bonds is 2. The van der Waals surface area contributed by atoms with Crippen LogP contribution in [0.25, 0.3) is 5.69 Å². The topological polar surface area (TPSA) is 52.0 Å². The second kappa shape index (κ2) is 6.67. The summed E-state index contributed by atoms with van der Waals surface area (Å²) >= 11 is 7.92. The van der Waals surface area contributed by atoms with Gasteiger partial charge in [0.2, 0.25) is 0 Å². The van der Waals surface area contributed by atoms with Crippen LogP contribution in [0.15, 0.2) is 36.5 Å². The quantitative estimate of drug-likeness (QED) is 0.701. The highest BCUT2D eigenvalue weighted by molar-refractivity contribution is 7.16. The number of thiophene rings is 1. The normalized spacial score (nSPS) is 24.9. The Morgan fingerprint density at radius 3 is 3.04 bits per heavy atom. The third kappa shape index (κ3) is 3.08. The van der Waals surface area contributed by atoms with Crippen molar-refractivity contribution in [3.8, 4) is 5.69 Å². The van der Waals surface area contributed by atoms with Gasteiger partial charge in [0.15, 0.2) is 0 Å². The van der Waals surface area contributed by atoms with E-state index in [2.05, 4.69) is 21.7 Å². The Morgan fingerprint density at radius 2 is 2.19 bits per heavy atom. The number of halogens is 2. The van der Waals surface area contributed by atoms with Crippen molar-refractivity contribution in [2.24, 2.45) is 0 Å². The van der Waals surface area contributed by atoms with Crippen LogP contribution >= 0.6 is 22.9 Å². The van der Waals surface area contributed by atoms with Crippen LogP contribution < -0.4 is 5.32 Å². The van der Waals surface area contributed by atoms with Gasteiger partial charge in [-0.2, -0.15) is 0 Å². The third-order valence-corrected chi connectivity index (χ3v) is 6.85. The maximum Gasteiger partial charge on any atom is 0.123 e. The summed E-state index contributed by atoms with van der Waals surface area (Å²) < 4.78 is 22.0. The first kappa shape index (κ1) is 17.3. The summed E-state index contributed by atoms with van der Waals surface area (Å²) in [7, 11) is 0. The monoisotopic (exact) mass is 404 g/mol. The number of hydrogen-bond donors (Lipinski definition) is 1. The Balaban J connectivity index is 1.43. The van der Waals surface area contributed by atoms with Gasteiger partial charge in [-0.05, 0) is 55.3 Å². The van der Waals surface area contributed by atoms with Gasteiger partial charge in [0, 0.05) is 11.3 Å². The summed E-state index contributed by atoms with van der Waals surface area (Å²) in [6.45, 7) is 1.55. The fourth-order valence-electron chi connectivity index (χ4n) is 4.04. The Morgan fingerprint density at radius 1 is 1.33 bits per heavy atom. The Hall–Kier alpha value is -1.80. The van der Waals surface area contributed by atoms with E-state index in [4.69, 9.17) is 16.3 Å². The van der Waals surface area contributed by atoms with E-state index in [1.807, 2.05) is 6.20 Å². The molecule has 1 saturated heterocycles. The van der Waals surface area contributed by atoms with Gasteiger partial charge in [0.25, 0.3) is 0 Å². The van der Waals surface area contributed by atoms with Crippen LogP contribution in [-0.4, -0.2) is 28.1 Å². The average molecular weight is 405 g/mol. The first-order chi connectivity index (χ1) is 13.1. The van der Waals surface area contributed by atoms with Crippen LogP contribution in [0, 0.1) is 5.82 Å². The molecular weight excluding hydrogens is 387 g/mol. The van der Waals surface area contributed by atoms with Crippen molar-refractivity contribution in [1.82, 2.24) is 20.3 Å². The Bertz CT molecular complexity index is 973. The lowest BCUT2D eigenvalue weighted by Crippen LogP contribution is -2.45. The molecule has 0 amide bonds. The van der Waals surface area contributed by atoms with E-state index < -0.39 is 0 Å². The molecule has 8 heteroatoms. The molecule has 1 spiro atoms. The molecule has 2 aliphatic rings. The number of nitrogens with one attached hydrogen (secondary N) is 1. The molecule has 2 aliphatic heterocycles. The van der Waals surface area contributed by atoms with Crippen molar-refractivity contribution in [2.45, 2.75) is 30.9 Å². The van der Waals surface area contributed by atoms with Crippen LogP contribution in [0.5, 0.6) is 0 Å². The van der Waals surface area contributed by atoms with Crippen molar-refractivity contribution < 1.29 is 9.13 Å². The van der Waals surface area contributed by atoms with Gasteiger partial charge in [-0.1, -0.05) is 16.8 Å². The molecule has 1 fully saturated rings. The van der Waals surface area contributed by atoms with Crippen molar-refractivity contribution in [1.29, 1.82) is 0 Å². The van der Waals surface area contributed by atoms with E-state index in [1.54, 1.807) is 28.2 Å². The zero-order valence-corrected chi connectivity index (χ0v) is 16.1. The molecule has 0 aliphatic carbocycles. The molecule has 27 heavy (non-hydrogen) atoms. The predicted molar refractivity (Wildman–Crippen MR) is 102 cm³/mol. The van der Waals surface area contributed by atoms with Gasteiger partial charge in [0.05, 0.1) is 28.9 Å². The maximum atomic E-state index is 13.1. The van der Waals surface area contributed by atoms with Gasteiger partial charge in [-0.15, -0.1) is 16.4 Å². The molecule has 2 aromatic heterocycles. The lowest BCUT2D eigenvalue weighted by Gasteiger charge is -2.43. The predicted octanol–water partition coefficient (Wildman–Crippen LogP) is 4.01. The molecule has 0 bridgehead atoms. The summed E-state index contributed by atoms with van der Waals surface area (Å²) in [5.74, 6) is -0.269. The van der Waals surface area contributed by atoms with Crippen molar-refractivity contribution >= 4 is 22.9 Å². The molecule has 5 nitrogen and oxygen atoms in total. The molecule has 5 rings (SSSR count). The van der Waals surface area contributed by atoms with E-state index >= 15 is 0 Å². The second-order valence-electron chi connectivity index (χ2n) is 7.02. The first-order valence-electron chi connectivity index (χ1n) is 8.97. The van der Waals surface area contributed by atoms with Gasteiger partial charge in [-0.25, -0.2) is 9.07 Å². The number of ether oxygens (including phenoxy) is 1. The lowest BCUT2D eigenvalue weighted by atomic mass is 9.82. The van der Waals surface area contributed by atoms with E-state index in [1.165, 1.54) is 22.6 Å². The summed E-state index contributed by atoms with van der Waals surface area (Å²) in [4.78, 5) is 1.26. The zero-order valence-electron chi connectivity index (χ0n) is 14.5. The summed E-state index contributed by atoms with van der Waals surface area (Å²) in [5.41, 5.74) is 2.64. The third-order valence-electron chi connectivity index (χ3n) is 5.36. The van der Waals surface area contributed by atoms with Gasteiger partial charge in [0.1, 0.15) is 17.1 Å². The lowest BCUT2D eigenvalue weighted by molar-refractivity contribution is -0.0871. The Kier molecular flexibility index (Phi) is 4.27. The molecular formula is C19H18ClFN4OS. The minimum Gasteiger partial charge on any atom is -0.369 e. The number of fused-ring (bicyclic) bond motifs is 2. The van der Waals surface area contributed by atoms with E-state index in [9.17, 15) is 4.39 Å². The standard InChI is InChI=1S/C19H18ClFN4OS/c20-17-9-12-5-8-26-19(18(12)27-17)6-7-22-15(10-19)16-11-25(24-23-16)14-3-1-13(21)2-4-14/h1-4,9,11,15,22H,5-8,10H2/t15-,19-/m0/s1. The molecule has 140 valence electrons. The number of hydrogen-bond acceptors (Lipinski definition) is 5. The first-order valence-corrected chi connectivity index (χ1v) is 10.2.